The summed E-state index contributed by atoms with van der Waals surface area (Å²) in [5.41, 5.74) is 8.49. The highest BCUT2D eigenvalue weighted by atomic mass is 19.1. The van der Waals surface area contributed by atoms with Gasteiger partial charge in [-0.25, -0.2) is 4.39 Å². The van der Waals surface area contributed by atoms with Crippen LogP contribution in [0.1, 0.15) is 31.0 Å². The summed E-state index contributed by atoms with van der Waals surface area (Å²) in [6.07, 6.45) is 1.07. The molecule has 0 saturated carbocycles. The summed E-state index contributed by atoms with van der Waals surface area (Å²) in [6, 6.07) is 14.1. The summed E-state index contributed by atoms with van der Waals surface area (Å²) in [5, 5.41) is 0. The van der Waals surface area contributed by atoms with Gasteiger partial charge in [-0.1, -0.05) is 38.1 Å². The molecule has 0 aliphatic carbocycles. The summed E-state index contributed by atoms with van der Waals surface area (Å²) >= 11 is 0. The van der Waals surface area contributed by atoms with E-state index in [0.29, 0.717) is 18.3 Å². The summed E-state index contributed by atoms with van der Waals surface area (Å²) in [7, 11) is 0. The van der Waals surface area contributed by atoms with Crippen molar-refractivity contribution in [2.24, 2.45) is 11.7 Å². The molecule has 112 valence electrons. The lowest BCUT2D eigenvalue weighted by Crippen LogP contribution is -2.19. The van der Waals surface area contributed by atoms with Gasteiger partial charge < -0.3 is 10.5 Å². The first-order valence-corrected chi connectivity index (χ1v) is 7.27. The SMILES string of the molecule is CC(C)Cc1ccc(C(N)COc2ccc(F)cc2)cc1. The Labute approximate surface area is 125 Å². The number of benzene rings is 2. The zero-order valence-corrected chi connectivity index (χ0v) is 12.6. The monoisotopic (exact) mass is 287 g/mol. The lowest BCUT2D eigenvalue weighted by atomic mass is 10.00. The first kappa shape index (κ1) is 15.5. The average Bonchev–Trinajstić information content (AvgIpc) is 2.46. The second-order valence-corrected chi connectivity index (χ2v) is 5.71. The molecule has 0 bridgehead atoms. The molecule has 2 nitrogen and oxygen atoms in total. The van der Waals surface area contributed by atoms with Crippen LogP contribution in [0.4, 0.5) is 4.39 Å². The quantitative estimate of drug-likeness (QED) is 0.868. The van der Waals surface area contributed by atoms with E-state index in [9.17, 15) is 4.39 Å². The third-order valence-corrected chi connectivity index (χ3v) is 3.30. The van der Waals surface area contributed by atoms with Gasteiger partial charge in [0.05, 0.1) is 6.04 Å². The highest BCUT2D eigenvalue weighted by Crippen LogP contribution is 2.17. The molecule has 1 unspecified atom stereocenters. The molecule has 0 amide bonds. The van der Waals surface area contributed by atoms with E-state index in [1.165, 1.54) is 17.7 Å². The Hall–Kier alpha value is -1.87. The molecule has 1 atom stereocenters. The van der Waals surface area contributed by atoms with Crippen LogP contribution >= 0.6 is 0 Å². The van der Waals surface area contributed by atoms with Crippen LogP contribution in [-0.2, 0) is 6.42 Å². The van der Waals surface area contributed by atoms with Crippen LogP contribution in [0.25, 0.3) is 0 Å². The minimum atomic E-state index is -0.271. The van der Waals surface area contributed by atoms with Gasteiger partial charge in [0, 0.05) is 0 Å². The van der Waals surface area contributed by atoms with Crippen LogP contribution in [0.5, 0.6) is 5.75 Å². The Morgan fingerprint density at radius 3 is 2.19 bits per heavy atom. The van der Waals surface area contributed by atoms with E-state index in [1.54, 1.807) is 12.1 Å². The van der Waals surface area contributed by atoms with Crippen LogP contribution < -0.4 is 10.5 Å². The van der Waals surface area contributed by atoms with E-state index in [4.69, 9.17) is 10.5 Å². The third kappa shape index (κ3) is 4.87. The van der Waals surface area contributed by atoms with Gasteiger partial charge in [0.1, 0.15) is 18.2 Å². The molecule has 0 saturated heterocycles. The molecule has 0 radical (unpaired) electrons. The van der Waals surface area contributed by atoms with Gasteiger partial charge in [-0.2, -0.15) is 0 Å². The smallest absolute Gasteiger partial charge is 0.123 e. The third-order valence-electron chi connectivity index (χ3n) is 3.30. The Balaban J connectivity index is 1.90. The van der Waals surface area contributed by atoms with Crippen molar-refractivity contribution in [2.45, 2.75) is 26.3 Å². The lowest BCUT2D eigenvalue weighted by Gasteiger charge is -2.14. The second kappa shape index (κ2) is 7.23. The van der Waals surface area contributed by atoms with Crippen molar-refractivity contribution in [2.75, 3.05) is 6.61 Å². The van der Waals surface area contributed by atoms with Crippen molar-refractivity contribution >= 4 is 0 Å². The van der Waals surface area contributed by atoms with E-state index in [0.717, 1.165) is 12.0 Å². The number of rotatable bonds is 6. The number of ether oxygens (including phenoxy) is 1. The molecule has 0 fully saturated rings. The molecular weight excluding hydrogens is 265 g/mol. The zero-order valence-electron chi connectivity index (χ0n) is 12.6. The standard InChI is InChI=1S/C18H22FNO/c1-13(2)11-14-3-5-15(6-4-14)18(20)12-21-17-9-7-16(19)8-10-17/h3-10,13,18H,11-12,20H2,1-2H3. The molecule has 0 spiro atoms. The van der Waals surface area contributed by atoms with Crippen molar-refractivity contribution in [1.82, 2.24) is 0 Å². The average molecular weight is 287 g/mol. The van der Waals surface area contributed by atoms with E-state index in [-0.39, 0.29) is 11.9 Å². The summed E-state index contributed by atoms with van der Waals surface area (Å²) in [6.45, 7) is 4.78. The van der Waals surface area contributed by atoms with E-state index < -0.39 is 0 Å². The first-order valence-electron chi connectivity index (χ1n) is 7.27. The van der Waals surface area contributed by atoms with Crippen molar-refractivity contribution in [3.8, 4) is 5.75 Å². The van der Waals surface area contributed by atoms with Gasteiger partial charge in [0.25, 0.3) is 0 Å². The number of hydrogen-bond donors (Lipinski definition) is 1. The molecule has 2 rings (SSSR count). The van der Waals surface area contributed by atoms with Crippen LogP contribution in [0.2, 0.25) is 0 Å². The minimum absolute atomic E-state index is 0.192. The number of halogens is 1. The maximum Gasteiger partial charge on any atom is 0.123 e. The van der Waals surface area contributed by atoms with E-state index in [2.05, 4.69) is 38.1 Å². The maximum atomic E-state index is 12.8. The summed E-state index contributed by atoms with van der Waals surface area (Å²) in [4.78, 5) is 0. The molecule has 3 heteroatoms. The molecule has 0 aliphatic heterocycles. The molecule has 0 aromatic heterocycles. The second-order valence-electron chi connectivity index (χ2n) is 5.71. The summed E-state index contributed by atoms with van der Waals surface area (Å²) in [5.74, 6) is 1.00. The number of hydrogen-bond acceptors (Lipinski definition) is 2. The zero-order chi connectivity index (χ0) is 15.2. The van der Waals surface area contributed by atoms with Crippen molar-refractivity contribution in [3.63, 3.8) is 0 Å². The van der Waals surface area contributed by atoms with Crippen LogP contribution in [0, 0.1) is 11.7 Å². The minimum Gasteiger partial charge on any atom is -0.492 e. The van der Waals surface area contributed by atoms with Gasteiger partial charge in [-0.15, -0.1) is 0 Å². The largest absolute Gasteiger partial charge is 0.492 e. The molecule has 0 aliphatic rings. The van der Waals surface area contributed by atoms with Gasteiger partial charge in [0.15, 0.2) is 0 Å². The fraction of sp³-hybridized carbons (Fsp3) is 0.333. The van der Waals surface area contributed by atoms with Crippen molar-refractivity contribution in [3.05, 3.63) is 65.5 Å². The topological polar surface area (TPSA) is 35.2 Å². The Kier molecular flexibility index (Phi) is 5.34. The van der Waals surface area contributed by atoms with Gasteiger partial charge >= 0.3 is 0 Å². The van der Waals surface area contributed by atoms with Gasteiger partial charge in [-0.05, 0) is 47.7 Å². The Morgan fingerprint density at radius 1 is 1.00 bits per heavy atom. The molecule has 2 aromatic rings. The van der Waals surface area contributed by atoms with Crippen LogP contribution in [0.15, 0.2) is 48.5 Å². The van der Waals surface area contributed by atoms with E-state index in [1.807, 2.05) is 0 Å². The number of nitrogens with two attached hydrogens (primary N) is 1. The van der Waals surface area contributed by atoms with Crippen molar-refractivity contribution in [1.29, 1.82) is 0 Å². The molecule has 2 aromatic carbocycles. The lowest BCUT2D eigenvalue weighted by molar-refractivity contribution is 0.290. The van der Waals surface area contributed by atoms with Crippen LogP contribution in [0.3, 0.4) is 0 Å². The molecule has 2 N–H and O–H groups in total. The molecular formula is C18H22FNO. The molecule has 21 heavy (non-hydrogen) atoms. The maximum absolute atomic E-state index is 12.8. The normalized spacial score (nSPS) is 12.4. The fourth-order valence-electron chi connectivity index (χ4n) is 2.19. The fourth-order valence-corrected chi connectivity index (χ4v) is 2.19. The Bertz CT molecular complexity index is 548. The van der Waals surface area contributed by atoms with Gasteiger partial charge in [-0.3, -0.25) is 0 Å². The Morgan fingerprint density at radius 2 is 1.62 bits per heavy atom. The van der Waals surface area contributed by atoms with Gasteiger partial charge in [0.2, 0.25) is 0 Å². The van der Waals surface area contributed by atoms with Crippen molar-refractivity contribution < 1.29 is 9.13 Å². The van der Waals surface area contributed by atoms with Crippen LogP contribution in [-0.4, -0.2) is 6.61 Å². The molecule has 0 heterocycles. The summed E-state index contributed by atoms with van der Waals surface area (Å²) < 4.78 is 18.4. The predicted molar refractivity (Wildman–Crippen MR) is 83.8 cm³/mol. The van der Waals surface area contributed by atoms with E-state index >= 15 is 0 Å². The predicted octanol–water partition coefficient (Wildman–Crippen LogP) is 4.10. The first-order chi connectivity index (χ1) is 10.0. The highest BCUT2D eigenvalue weighted by molar-refractivity contribution is 5.26. The highest BCUT2D eigenvalue weighted by Gasteiger charge is 2.07.